The summed E-state index contributed by atoms with van der Waals surface area (Å²) in [6.07, 6.45) is 1.62. The van der Waals surface area contributed by atoms with Gasteiger partial charge in [-0.1, -0.05) is 29.8 Å². The molecular formula is C18H21N3O2S. The first-order valence-electron chi connectivity index (χ1n) is 7.62. The normalized spacial score (nSPS) is 10.6. The van der Waals surface area contributed by atoms with Gasteiger partial charge in [0.15, 0.2) is 16.6 Å². The molecule has 0 unspecified atom stereocenters. The van der Waals surface area contributed by atoms with E-state index >= 15 is 0 Å². The minimum Gasteiger partial charge on any atom is -0.490 e. The molecule has 6 heteroatoms. The Morgan fingerprint density at radius 3 is 2.75 bits per heavy atom. The van der Waals surface area contributed by atoms with Gasteiger partial charge in [0.1, 0.15) is 6.61 Å². The molecule has 2 aromatic carbocycles. The topological polar surface area (TPSA) is 68.9 Å². The lowest BCUT2D eigenvalue weighted by atomic mass is 10.1. The maximum absolute atomic E-state index is 5.90. The van der Waals surface area contributed by atoms with E-state index in [1.165, 1.54) is 5.56 Å². The van der Waals surface area contributed by atoms with Crippen molar-refractivity contribution in [3.63, 3.8) is 0 Å². The molecule has 0 aliphatic carbocycles. The van der Waals surface area contributed by atoms with Crippen molar-refractivity contribution < 1.29 is 9.47 Å². The van der Waals surface area contributed by atoms with Gasteiger partial charge >= 0.3 is 0 Å². The van der Waals surface area contributed by atoms with E-state index in [1.807, 2.05) is 37.3 Å². The summed E-state index contributed by atoms with van der Waals surface area (Å²) >= 11 is 4.70. The van der Waals surface area contributed by atoms with E-state index in [9.17, 15) is 0 Å². The van der Waals surface area contributed by atoms with E-state index < -0.39 is 0 Å². The van der Waals surface area contributed by atoms with Gasteiger partial charge in [0.2, 0.25) is 0 Å². The zero-order valence-electron chi connectivity index (χ0n) is 13.8. The van der Waals surface area contributed by atoms with Crippen LogP contribution in [0.5, 0.6) is 11.5 Å². The lowest BCUT2D eigenvalue weighted by molar-refractivity contribution is 0.269. The van der Waals surface area contributed by atoms with Crippen LogP contribution >= 0.6 is 12.2 Å². The highest BCUT2D eigenvalue weighted by Gasteiger charge is 2.06. The summed E-state index contributed by atoms with van der Waals surface area (Å²) in [5.41, 5.74) is 11.0. The van der Waals surface area contributed by atoms with E-state index in [4.69, 9.17) is 27.4 Å². The fourth-order valence-corrected chi connectivity index (χ4v) is 2.18. The number of nitrogens with one attached hydrogen (secondary N) is 1. The molecular weight excluding hydrogens is 322 g/mol. The molecule has 0 amide bonds. The van der Waals surface area contributed by atoms with Crippen molar-refractivity contribution in [3.8, 4) is 11.5 Å². The number of nitrogens with two attached hydrogens (primary N) is 1. The Hall–Kier alpha value is -2.60. The molecule has 0 bridgehead atoms. The van der Waals surface area contributed by atoms with Gasteiger partial charge in [-0.15, -0.1) is 0 Å². The molecule has 24 heavy (non-hydrogen) atoms. The maximum Gasteiger partial charge on any atom is 0.184 e. The Morgan fingerprint density at radius 1 is 1.21 bits per heavy atom. The quantitative estimate of drug-likeness (QED) is 0.459. The zero-order chi connectivity index (χ0) is 17.4. The highest BCUT2D eigenvalue weighted by Crippen LogP contribution is 2.29. The van der Waals surface area contributed by atoms with Crippen molar-refractivity contribution in [2.45, 2.75) is 20.5 Å². The molecule has 0 saturated carbocycles. The van der Waals surface area contributed by atoms with Gasteiger partial charge in [0, 0.05) is 0 Å². The lowest BCUT2D eigenvalue weighted by Gasteiger charge is -2.13. The second-order valence-corrected chi connectivity index (χ2v) is 5.59. The van der Waals surface area contributed by atoms with Gasteiger partial charge < -0.3 is 15.2 Å². The summed E-state index contributed by atoms with van der Waals surface area (Å²) in [6, 6.07) is 13.8. The molecule has 0 aliphatic heterocycles. The summed E-state index contributed by atoms with van der Waals surface area (Å²) in [6.45, 7) is 5.02. The number of thiocarbonyl (C=S) groups is 1. The highest BCUT2D eigenvalue weighted by atomic mass is 32.1. The molecule has 0 saturated heterocycles. The molecule has 0 spiro atoms. The van der Waals surface area contributed by atoms with E-state index in [-0.39, 0.29) is 5.11 Å². The number of nitrogens with zero attached hydrogens (tertiary/aromatic N) is 1. The molecule has 0 aliphatic rings. The summed E-state index contributed by atoms with van der Waals surface area (Å²) in [7, 11) is 0. The average Bonchev–Trinajstić information content (AvgIpc) is 2.54. The number of hydrazone groups is 1. The third-order valence-electron chi connectivity index (χ3n) is 3.13. The second kappa shape index (κ2) is 8.88. The van der Waals surface area contributed by atoms with Crippen molar-refractivity contribution in [2.75, 3.05) is 6.61 Å². The highest BCUT2D eigenvalue weighted by molar-refractivity contribution is 7.80. The third kappa shape index (κ3) is 5.55. The molecule has 0 aromatic heterocycles. The van der Waals surface area contributed by atoms with Crippen molar-refractivity contribution in [1.29, 1.82) is 0 Å². The first kappa shape index (κ1) is 17.7. The molecule has 3 N–H and O–H groups in total. The Bertz CT molecular complexity index is 732. The van der Waals surface area contributed by atoms with Crippen LogP contribution < -0.4 is 20.6 Å². The standard InChI is InChI=1S/C18H21N3O2S/c1-3-22-17-10-14(11-20-21-18(19)24)7-8-16(17)23-12-15-6-4-5-13(2)9-15/h4-11H,3,12H2,1-2H3,(H3,19,21,24). The van der Waals surface area contributed by atoms with Crippen LogP contribution in [0, 0.1) is 6.92 Å². The van der Waals surface area contributed by atoms with Crippen LogP contribution in [0.2, 0.25) is 0 Å². The summed E-state index contributed by atoms with van der Waals surface area (Å²) in [5, 5.41) is 4.06. The first-order chi connectivity index (χ1) is 11.6. The van der Waals surface area contributed by atoms with Crippen LogP contribution in [0.1, 0.15) is 23.6 Å². The van der Waals surface area contributed by atoms with Crippen molar-refractivity contribution in [3.05, 3.63) is 59.2 Å². The van der Waals surface area contributed by atoms with Crippen molar-refractivity contribution in [1.82, 2.24) is 5.43 Å². The Balaban J connectivity index is 2.10. The van der Waals surface area contributed by atoms with Gasteiger partial charge in [-0.2, -0.15) is 5.10 Å². The molecule has 2 aromatic rings. The summed E-state index contributed by atoms with van der Waals surface area (Å²) in [4.78, 5) is 0. The number of hydrogen-bond donors (Lipinski definition) is 2. The van der Waals surface area contributed by atoms with Crippen LogP contribution in [0.4, 0.5) is 0 Å². The average molecular weight is 343 g/mol. The minimum atomic E-state index is 0.120. The molecule has 0 atom stereocenters. The van der Waals surface area contributed by atoms with Crippen LogP contribution in [0.15, 0.2) is 47.6 Å². The second-order valence-electron chi connectivity index (χ2n) is 5.15. The minimum absolute atomic E-state index is 0.120. The van der Waals surface area contributed by atoms with E-state index in [0.717, 1.165) is 11.1 Å². The Kier molecular flexibility index (Phi) is 6.57. The van der Waals surface area contributed by atoms with Crippen LogP contribution in [0.25, 0.3) is 0 Å². The van der Waals surface area contributed by atoms with E-state index in [2.05, 4.69) is 29.6 Å². The van der Waals surface area contributed by atoms with Crippen LogP contribution in [-0.4, -0.2) is 17.9 Å². The Morgan fingerprint density at radius 2 is 2.04 bits per heavy atom. The maximum atomic E-state index is 5.90. The van der Waals surface area contributed by atoms with Gasteiger partial charge in [0.05, 0.1) is 12.8 Å². The van der Waals surface area contributed by atoms with Gasteiger partial charge in [0.25, 0.3) is 0 Å². The SMILES string of the molecule is CCOc1cc(C=NNC(N)=S)ccc1OCc1cccc(C)c1. The molecule has 0 heterocycles. The third-order valence-corrected chi connectivity index (χ3v) is 3.22. The van der Waals surface area contributed by atoms with Crippen LogP contribution in [-0.2, 0) is 6.61 Å². The smallest absolute Gasteiger partial charge is 0.184 e. The number of hydrogen-bond acceptors (Lipinski definition) is 4. The van der Waals surface area contributed by atoms with E-state index in [0.29, 0.717) is 24.7 Å². The molecule has 5 nitrogen and oxygen atoms in total. The number of rotatable bonds is 7. The van der Waals surface area contributed by atoms with Gasteiger partial charge in [-0.05, 0) is 55.4 Å². The van der Waals surface area contributed by atoms with E-state index in [1.54, 1.807) is 6.21 Å². The predicted octanol–water partition coefficient (Wildman–Crippen LogP) is 3.14. The zero-order valence-corrected chi connectivity index (χ0v) is 14.6. The van der Waals surface area contributed by atoms with Gasteiger partial charge in [-0.3, -0.25) is 5.43 Å². The molecule has 126 valence electrons. The van der Waals surface area contributed by atoms with Gasteiger partial charge in [-0.25, -0.2) is 0 Å². The molecule has 2 rings (SSSR count). The summed E-state index contributed by atoms with van der Waals surface area (Å²) in [5.74, 6) is 1.36. The lowest BCUT2D eigenvalue weighted by Crippen LogP contribution is -2.23. The molecule has 0 radical (unpaired) electrons. The predicted molar refractivity (Wildman–Crippen MR) is 101 cm³/mol. The monoisotopic (exact) mass is 343 g/mol. The fraction of sp³-hybridized carbons (Fsp3) is 0.222. The fourth-order valence-electron chi connectivity index (χ4n) is 2.13. The first-order valence-corrected chi connectivity index (χ1v) is 8.03. The largest absolute Gasteiger partial charge is 0.490 e. The number of ether oxygens (including phenoxy) is 2. The summed E-state index contributed by atoms with van der Waals surface area (Å²) < 4.78 is 11.6. The number of benzene rings is 2. The van der Waals surface area contributed by atoms with Crippen LogP contribution in [0.3, 0.4) is 0 Å². The number of aryl methyl sites for hydroxylation is 1. The molecule has 0 fully saturated rings. The Labute approximate surface area is 147 Å². The van der Waals surface area contributed by atoms with Crippen molar-refractivity contribution in [2.24, 2.45) is 10.8 Å². The van der Waals surface area contributed by atoms with Crippen molar-refractivity contribution >= 4 is 23.5 Å².